The number of rotatable bonds is 26. The second kappa shape index (κ2) is 23.0. The molecule has 2 aromatic heterocycles. The molecule has 0 spiro atoms. The van der Waals surface area contributed by atoms with Crippen molar-refractivity contribution in [1.82, 2.24) is 35.5 Å². The monoisotopic (exact) mass is 697 g/mol. The number of carbonyl (C=O) groups is 3. The third kappa shape index (κ3) is 14.5. The number of ether oxygens (including phenoxy) is 2. The predicted molar refractivity (Wildman–Crippen MR) is 194 cm³/mol. The van der Waals surface area contributed by atoms with Crippen molar-refractivity contribution in [3.8, 4) is 0 Å². The molecule has 3 rings (SSSR count). The number of aromatic amines is 1. The SMILES string of the molecule is CCCCCCCCNC(=O)CCOCCOCCCNC(=O)CNC(=O)c1ccc(Cn2c(=O)[nH]c3c(N)nc(NCCCC)nc32)cc1. The van der Waals surface area contributed by atoms with E-state index in [0.717, 1.165) is 37.8 Å². The van der Waals surface area contributed by atoms with Crippen molar-refractivity contribution in [2.24, 2.45) is 0 Å². The van der Waals surface area contributed by atoms with Gasteiger partial charge in [0.25, 0.3) is 5.91 Å². The van der Waals surface area contributed by atoms with Crippen LogP contribution in [-0.4, -0.2) is 89.8 Å². The first-order valence-corrected chi connectivity index (χ1v) is 17.9. The van der Waals surface area contributed by atoms with E-state index in [1.165, 1.54) is 30.3 Å². The van der Waals surface area contributed by atoms with Gasteiger partial charge in [0.2, 0.25) is 17.8 Å². The summed E-state index contributed by atoms with van der Waals surface area (Å²) in [5.74, 6) is -0.152. The lowest BCUT2D eigenvalue weighted by Gasteiger charge is -2.09. The fourth-order valence-corrected chi connectivity index (χ4v) is 5.03. The van der Waals surface area contributed by atoms with Gasteiger partial charge in [0.15, 0.2) is 11.5 Å². The number of amides is 3. The van der Waals surface area contributed by atoms with Gasteiger partial charge in [-0.2, -0.15) is 9.97 Å². The van der Waals surface area contributed by atoms with Crippen LogP contribution in [0.5, 0.6) is 0 Å². The van der Waals surface area contributed by atoms with E-state index in [1.807, 2.05) is 0 Å². The summed E-state index contributed by atoms with van der Waals surface area (Å²) in [5.41, 5.74) is 7.61. The number of hydrogen-bond donors (Lipinski definition) is 6. The van der Waals surface area contributed by atoms with Crippen molar-refractivity contribution in [2.45, 2.75) is 84.6 Å². The molecular weight excluding hydrogens is 642 g/mol. The maximum atomic E-state index is 12.7. The first-order valence-electron chi connectivity index (χ1n) is 17.9. The molecule has 0 fully saturated rings. The third-order valence-electron chi connectivity index (χ3n) is 7.92. The van der Waals surface area contributed by atoms with Gasteiger partial charge in [0, 0.05) is 38.2 Å². The van der Waals surface area contributed by atoms with Crippen LogP contribution in [0.2, 0.25) is 0 Å². The maximum absolute atomic E-state index is 12.7. The molecule has 2 heterocycles. The van der Waals surface area contributed by atoms with Crippen LogP contribution in [0.25, 0.3) is 11.2 Å². The summed E-state index contributed by atoms with van der Waals surface area (Å²) in [4.78, 5) is 60.8. The molecule has 0 saturated carbocycles. The van der Waals surface area contributed by atoms with Gasteiger partial charge < -0.3 is 41.5 Å². The van der Waals surface area contributed by atoms with Gasteiger partial charge in [-0.25, -0.2) is 4.79 Å². The van der Waals surface area contributed by atoms with Gasteiger partial charge in [-0.15, -0.1) is 0 Å². The zero-order valence-corrected chi connectivity index (χ0v) is 29.6. The van der Waals surface area contributed by atoms with Gasteiger partial charge in [0.05, 0.1) is 32.9 Å². The Labute approximate surface area is 293 Å². The molecule has 0 aliphatic carbocycles. The number of benzene rings is 1. The Hall–Kier alpha value is -4.50. The molecule has 0 bridgehead atoms. The number of anilines is 2. The zero-order valence-electron chi connectivity index (χ0n) is 29.6. The number of fused-ring (bicyclic) bond motifs is 1. The fourth-order valence-electron chi connectivity index (χ4n) is 5.03. The molecule has 1 aromatic carbocycles. The number of nitrogen functional groups attached to an aromatic ring is 1. The second-order valence-electron chi connectivity index (χ2n) is 12.1. The molecule has 7 N–H and O–H groups in total. The van der Waals surface area contributed by atoms with Crippen molar-refractivity contribution in [3.63, 3.8) is 0 Å². The first-order chi connectivity index (χ1) is 24.3. The van der Waals surface area contributed by atoms with Gasteiger partial charge >= 0.3 is 5.69 Å². The van der Waals surface area contributed by atoms with E-state index in [2.05, 4.69) is 50.1 Å². The number of carbonyl (C=O) groups excluding carboxylic acids is 3. The van der Waals surface area contributed by atoms with E-state index in [-0.39, 0.29) is 36.4 Å². The highest BCUT2D eigenvalue weighted by Gasteiger charge is 2.15. The van der Waals surface area contributed by atoms with Crippen molar-refractivity contribution in [2.75, 3.05) is 63.7 Å². The quantitative estimate of drug-likeness (QED) is 0.0676. The van der Waals surface area contributed by atoms with Crippen LogP contribution in [0.15, 0.2) is 29.1 Å². The Morgan fingerprint density at radius 1 is 0.780 bits per heavy atom. The highest BCUT2D eigenvalue weighted by molar-refractivity contribution is 5.96. The van der Waals surface area contributed by atoms with Crippen LogP contribution >= 0.6 is 0 Å². The Morgan fingerprint density at radius 2 is 1.46 bits per heavy atom. The Balaban J connectivity index is 1.25. The summed E-state index contributed by atoms with van der Waals surface area (Å²) in [6, 6.07) is 6.75. The molecule has 0 atom stereocenters. The average Bonchev–Trinajstić information content (AvgIpc) is 3.42. The van der Waals surface area contributed by atoms with Crippen LogP contribution in [-0.2, 0) is 25.6 Å². The number of hydrogen-bond acceptors (Lipinski definition) is 10. The molecule has 50 heavy (non-hydrogen) atoms. The summed E-state index contributed by atoms with van der Waals surface area (Å²) >= 11 is 0. The number of aromatic nitrogens is 4. The smallest absolute Gasteiger partial charge is 0.328 e. The minimum Gasteiger partial charge on any atom is -0.382 e. The lowest BCUT2D eigenvalue weighted by atomic mass is 10.1. The first kappa shape index (κ1) is 39.9. The molecule has 276 valence electrons. The molecule has 3 amide bonds. The van der Waals surface area contributed by atoms with E-state index < -0.39 is 5.91 Å². The number of H-pyrrole nitrogens is 1. The largest absolute Gasteiger partial charge is 0.382 e. The topological polar surface area (TPSA) is 207 Å². The van der Waals surface area contributed by atoms with Gasteiger partial charge in [-0.05, 0) is 37.0 Å². The third-order valence-corrected chi connectivity index (χ3v) is 7.92. The number of unbranched alkanes of at least 4 members (excludes halogenated alkanes) is 6. The molecule has 0 saturated heterocycles. The normalized spacial score (nSPS) is 11.1. The van der Waals surface area contributed by atoms with Crippen molar-refractivity contribution in [1.29, 1.82) is 0 Å². The Morgan fingerprint density at radius 3 is 2.22 bits per heavy atom. The van der Waals surface area contributed by atoms with Crippen LogP contribution in [0.4, 0.5) is 11.8 Å². The molecular formula is C35H55N9O6. The molecule has 15 nitrogen and oxygen atoms in total. The highest BCUT2D eigenvalue weighted by Crippen LogP contribution is 2.18. The standard InChI is InChI=1S/C35H55N9O6/c1-3-5-7-8-9-10-18-37-28(45)16-21-50-23-22-49-20-11-19-38-29(46)24-40-33(47)27-14-12-26(13-15-27)25-44-32-30(41-35(44)48)31(36)42-34(43-32)39-17-6-4-2/h12-15H,3-11,16-25H2,1-2H3,(H,37,45)(H,38,46)(H,40,47)(H,41,48)(H3,36,39,42,43). The minimum atomic E-state index is -0.391. The Bertz CT molecular complexity index is 1520. The second-order valence-corrected chi connectivity index (χ2v) is 12.1. The van der Waals surface area contributed by atoms with Crippen molar-refractivity contribution < 1.29 is 23.9 Å². The number of imidazole rings is 1. The van der Waals surface area contributed by atoms with E-state index in [9.17, 15) is 19.2 Å². The molecule has 0 radical (unpaired) electrons. The lowest BCUT2D eigenvalue weighted by Crippen LogP contribution is -2.37. The van der Waals surface area contributed by atoms with E-state index in [1.54, 1.807) is 24.3 Å². The zero-order chi connectivity index (χ0) is 36.0. The average molecular weight is 698 g/mol. The lowest BCUT2D eigenvalue weighted by molar-refractivity contribution is -0.122. The van der Waals surface area contributed by atoms with E-state index >= 15 is 0 Å². The van der Waals surface area contributed by atoms with Crippen LogP contribution in [0.1, 0.15) is 94.0 Å². The van der Waals surface area contributed by atoms with E-state index in [0.29, 0.717) is 75.0 Å². The van der Waals surface area contributed by atoms with Gasteiger partial charge in [0.1, 0.15) is 5.52 Å². The predicted octanol–water partition coefficient (Wildman–Crippen LogP) is 3.10. The van der Waals surface area contributed by atoms with Crippen LogP contribution < -0.4 is 32.7 Å². The van der Waals surface area contributed by atoms with Gasteiger partial charge in [-0.1, -0.05) is 64.5 Å². The number of nitrogens with one attached hydrogen (secondary N) is 5. The summed E-state index contributed by atoms with van der Waals surface area (Å²) in [6.45, 7) is 7.75. The highest BCUT2D eigenvalue weighted by atomic mass is 16.5. The molecule has 0 aliphatic rings. The fraction of sp³-hybridized carbons (Fsp3) is 0.600. The summed E-state index contributed by atoms with van der Waals surface area (Å²) in [6.07, 6.45) is 10.1. The number of nitrogens with two attached hydrogens (primary N) is 1. The number of nitrogens with zero attached hydrogens (tertiary/aromatic N) is 3. The molecule has 0 unspecified atom stereocenters. The van der Waals surface area contributed by atoms with E-state index in [4.69, 9.17) is 15.2 Å². The Kier molecular flexibility index (Phi) is 18.4. The van der Waals surface area contributed by atoms with Gasteiger partial charge in [-0.3, -0.25) is 19.0 Å². The maximum Gasteiger partial charge on any atom is 0.328 e. The van der Waals surface area contributed by atoms with Crippen LogP contribution in [0.3, 0.4) is 0 Å². The van der Waals surface area contributed by atoms with Crippen LogP contribution in [0, 0.1) is 0 Å². The van der Waals surface area contributed by atoms with Crippen molar-refractivity contribution in [3.05, 3.63) is 45.9 Å². The van der Waals surface area contributed by atoms with Crippen molar-refractivity contribution >= 4 is 40.7 Å². The molecule has 15 heteroatoms. The molecule has 0 aliphatic heterocycles. The summed E-state index contributed by atoms with van der Waals surface area (Å²) in [7, 11) is 0. The summed E-state index contributed by atoms with van der Waals surface area (Å²) < 4.78 is 12.4. The summed E-state index contributed by atoms with van der Waals surface area (Å²) in [5, 5.41) is 11.4. The minimum absolute atomic E-state index is 0.00744. The molecule has 3 aromatic rings.